The molecule has 9 rings (SSSR count). The molecular formula is C42H30Cl2N8O7. The van der Waals surface area contributed by atoms with Gasteiger partial charge in [-0.25, -0.2) is 4.79 Å². The number of carbonyl (C=O) groups excluding carboxylic acids is 3. The Morgan fingerprint density at radius 3 is 2.22 bits per heavy atom. The highest BCUT2D eigenvalue weighted by Gasteiger charge is 2.53. The summed E-state index contributed by atoms with van der Waals surface area (Å²) in [6.45, 7) is -0.211. The third-order valence-electron chi connectivity index (χ3n) is 10.0. The minimum atomic E-state index is -1.43. The van der Waals surface area contributed by atoms with E-state index in [1.54, 1.807) is 48.5 Å². The predicted molar refractivity (Wildman–Crippen MR) is 218 cm³/mol. The fraction of sp³-hybridized carbons (Fsp3) is 0.119. The van der Waals surface area contributed by atoms with Crippen molar-refractivity contribution in [2.45, 2.75) is 18.1 Å². The van der Waals surface area contributed by atoms with Crippen molar-refractivity contribution in [2.24, 2.45) is 10.7 Å². The first-order chi connectivity index (χ1) is 28.5. The van der Waals surface area contributed by atoms with Crippen molar-refractivity contribution in [2.75, 3.05) is 28.6 Å². The van der Waals surface area contributed by atoms with Crippen LogP contribution in [0.25, 0.3) is 0 Å². The van der Waals surface area contributed by atoms with Crippen LogP contribution < -0.4 is 26.0 Å². The molecule has 1 spiro atoms. The lowest BCUT2D eigenvalue weighted by Crippen LogP contribution is -2.43. The number of phenolic OH excluding ortho intramolecular Hbond substituents is 2. The summed E-state index contributed by atoms with van der Waals surface area (Å²) in [6, 6.07) is 27.5. The second kappa shape index (κ2) is 14.6. The van der Waals surface area contributed by atoms with Crippen LogP contribution in [0.15, 0.2) is 108 Å². The number of nitrogens with two attached hydrogens (primary N) is 1. The molecule has 0 radical (unpaired) electrons. The fourth-order valence-electron chi connectivity index (χ4n) is 7.56. The minimum absolute atomic E-state index is 0.0520. The number of anilines is 4. The maximum absolute atomic E-state index is 14.0. The number of hydrogen-bond donors (Lipinski definition) is 5. The third kappa shape index (κ3) is 6.75. The fourth-order valence-corrected chi connectivity index (χ4v) is 7.90. The minimum Gasteiger partial charge on any atom is -0.508 e. The largest absolute Gasteiger partial charge is 0.508 e. The summed E-state index contributed by atoms with van der Waals surface area (Å²) < 4.78 is 12.2. The highest BCUT2D eigenvalue weighted by atomic mass is 35.5. The van der Waals surface area contributed by atoms with Crippen LogP contribution in [0.2, 0.25) is 10.3 Å². The number of aliphatic imine (C=N–C) groups is 1. The summed E-state index contributed by atoms with van der Waals surface area (Å²) in [7, 11) is 0. The van der Waals surface area contributed by atoms with Crippen LogP contribution in [-0.2, 0) is 19.9 Å². The number of benzene rings is 5. The zero-order chi connectivity index (χ0) is 41.0. The lowest BCUT2D eigenvalue weighted by Gasteiger charge is -2.36. The Hall–Kier alpha value is -7.23. The molecular weight excluding hydrogens is 799 g/mol. The van der Waals surface area contributed by atoms with Crippen molar-refractivity contribution < 1.29 is 34.1 Å². The molecule has 1 atom stereocenters. The first-order valence-corrected chi connectivity index (χ1v) is 18.9. The van der Waals surface area contributed by atoms with Crippen LogP contribution in [0.3, 0.4) is 0 Å². The van der Waals surface area contributed by atoms with Gasteiger partial charge in [-0.1, -0.05) is 48.0 Å². The summed E-state index contributed by atoms with van der Waals surface area (Å²) in [5, 5.41) is 26.9. The molecule has 5 aromatic carbocycles. The van der Waals surface area contributed by atoms with Crippen molar-refractivity contribution in [3.8, 4) is 23.0 Å². The standard InChI is InChI=1S/C42H30Cl2N8O7/c43-22-6-13-32-27(16-22)36(21-4-2-1-3-5-21)48-31(37(56)52(32)20-35(45)55)14-15-46-40-49-39(44)50-41(51-40)47-23-7-10-28-26(17-23)38(57)59-42(28)29-11-8-24(53)18-33(29)58-34-19-25(54)9-12-30(34)42/h1-13,16-19,31,53-54H,14-15,20H2,(H2,45,55)(H2,46,47,49,50,51). The van der Waals surface area contributed by atoms with Crippen LogP contribution in [0.1, 0.15) is 44.6 Å². The van der Waals surface area contributed by atoms with Crippen LogP contribution in [0.4, 0.5) is 23.3 Å². The molecule has 0 saturated heterocycles. The number of nitrogens with one attached hydrogen (secondary N) is 2. The van der Waals surface area contributed by atoms with Crippen LogP contribution in [0.5, 0.6) is 23.0 Å². The van der Waals surface area contributed by atoms with E-state index < -0.39 is 29.4 Å². The maximum atomic E-state index is 14.0. The van der Waals surface area contributed by atoms with E-state index >= 15 is 0 Å². The summed E-state index contributed by atoms with van der Waals surface area (Å²) >= 11 is 12.7. The van der Waals surface area contributed by atoms with Gasteiger partial charge in [0.15, 0.2) is 5.60 Å². The normalized spacial score (nSPS) is 15.8. The van der Waals surface area contributed by atoms with Gasteiger partial charge in [0.05, 0.1) is 17.0 Å². The van der Waals surface area contributed by atoms with E-state index in [-0.39, 0.29) is 65.3 Å². The zero-order valence-electron chi connectivity index (χ0n) is 30.5. The van der Waals surface area contributed by atoms with Gasteiger partial charge in [-0.15, -0.1) is 0 Å². The van der Waals surface area contributed by atoms with E-state index in [4.69, 9.17) is 43.4 Å². The Balaban J connectivity index is 0.976. The maximum Gasteiger partial charge on any atom is 0.340 e. The molecule has 1 aromatic heterocycles. The lowest BCUT2D eigenvalue weighted by molar-refractivity contribution is -0.123. The number of phenols is 2. The van der Waals surface area contributed by atoms with Gasteiger partial charge in [0.1, 0.15) is 35.6 Å². The van der Waals surface area contributed by atoms with E-state index in [2.05, 4.69) is 25.6 Å². The molecule has 17 heteroatoms. The number of aromatic hydroxyl groups is 2. The second-order valence-electron chi connectivity index (χ2n) is 13.8. The van der Waals surface area contributed by atoms with Gasteiger partial charge >= 0.3 is 5.97 Å². The number of primary amides is 1. The Morgan fingerprint density at radius 1 is 0.814 bits per heavy atom. The summed E-state index contributed by atoms with van der Waals surface area (Å²) in [5.74, 6) is -1.19. The molecule has 3 aliphatic rings. The van der Waals surface area contributed by atoms with Gasteiger partial charge in [0.2, 0.25) is 23.1 Å². The van der Waals surface area contributed by atoms with Crippen molar-refractivity contribution >= 4 is 70.0 Å². The third-order valence-corrected chi connectivity index (χ3v) is 10.4. The van der Waals surface area contributed by atoms with E-state index in [0.717, 1.165) is 5.56 Å². The predicted octanol–water partition coefficient (Wildman–Crippen LogP) is 6.44. The van der Waals surface area contributed by atoms with Gasteiger partial charge in [-0.2, -0.15) is 15.0 Å². The summed E-state index contributed by atoms with van der Waals surface area (Å²) in [6.07, 6.45) is 0.156. The smallest absolute Gasteiger partial charge is 0.340 e. The summed E-state index contributed by atoms with van der Waals surface area (Å²) in [4.78, 5) is 58.9. The number of halogens is 2. The van der Waals surface area contributed by atoms with Crippen molar-refractivity contribution in [1.29, 1.82) is 0 Å². The monoisotopic (exact) mass is 828 g/mol. The van der Waals surface area contributed by atoms with E-state index in [9.17, 15) is 24.6 Å². The molecule has 0 aliphatic carbocycles. The molecule has 59 heavy (non-hydrogen) atoms. The van der Waals surface area contributed by atoms with Crippen molar-refractivity contribution in [3.63, 3.8) is 0 Å². The van der Waals surface area contributed by atoms with E-state index in [0.29, 0.717) is 44.4 Å². The number of hydrogen-bond acceptors (Lipinski definition) is 13. The molecule has 0 bridgehead atoms. The van der Waals surface area contributed by atoms with Gasteiger partial charge < -0.3 is 41.0 Å². The quantitative estimate of drug-likeness (QED) is 0.0996. The van der Waals surface area contributed by atoms with Gasteiger partial charge in [-0.05, 0) is 72.6 Å². The molecule has 1 unspecified atom stereocenters. The molecule has 2 amide bonds. The molecule has 15 nitrogen and oxygen atoms in total. The van der Waals surface area contributed by atoms with Crippen LogP contribution in [-0.4, -0.2) is 67.8 Å². The second-order valence-corrected chi connectivity index (χ2v) is 14.6. The van der Waals surface area contributed by atoms with Crippen LogP contribution in [0, 0.1) is 0 Å². The molecule has 0 saturated carbocycles. The average molecular weight is 830 g/mol. The Labute approximate surface area is 345 Å². The number of fused-ring (bicyclic) bond motifs is 7. The number of carbonyl (C=O) groups is 3. The SMILES string of the molecule is NC(=O)CN1C(=O)C(CCNc2nc(Cl)nc(Nc3ccc4c(c3)C(=O)OC43c4ccc(O)cc4Oc4cc(O)ccc43)n2)N=C(c2ccccc2)c2cc(Cl)ccc21. The highest BCUT2D eigenvalue weighted by Crippen LogP contribution is 2.57. The molecule has 3 aliphatic heterocycles. The highest BCUT2D eigenvalue weighted by molar-refractivity contribution is 6.32. The molecule has 6 aromatic rings. The van der Waals surface area contributed by atoms with E-state index in [1.807, 2.05) is 30.3 Å². The number of amides is 2. The van der Waals surface area contributed by atoms with Gasteiger partial charge in [0, 0.05) is 57.2 Å². The molecule has 0 fully saturated rings. The number of aromatic nitrogens is 3. The first kappa shape index (κ1) is 37.4. The van der Waals surface area contributed by atoms with E-state index in [1.165, 1.54) is 29.2 Å². The number of esters is 1. The number of benzodiazepines with no additional fused rings is 1. The Morgan fingerprint density at radius 2 is 1.51 bits per heavy atom. The lowest BCUT2D eigenvalue weighted by atomic mass is 9.77. The topological polar surface area (TPSA) is 214 Å². The Bertz CT molecular complexity index is 2720. The zero-order valence-corrected chi connectivity index (χ0v) is 32.0. The molecule has 4 heterocycles. The number of ether oxygens (including phenoxy) is 2. The molecule has 294 valence electrons. The van der Waals surface area contributed by atoms with Crippen molar-refractivity contribution in [1.82, 2.24) is 15.0 Å². The van der Waals surface area contributed by atoms with Gasteiger partial charge in [0.25, 0.3) is 5.91 Å². The molecule has 6 N–H and O–H groups in total. The first-order valence-electron chi connectivity index (χ1n) is 18.1. The number of nitrogens with zero attached hydrogens (tertiary/aromatic N) is 5. The Kier molecular flexibility index (Phi) is 9.25. The van der Waals surface area contributed by atoms with Crippen LogP contribution >= 0.6 is 23.2 Å². The van der Waals surface area contributed by atoms with Gasteiger partial charge in [-0.3, -0.25) is 14.6 Å². The van der Waals surface area contributed by atoms with Crippen molar-refractivity contribution in [3.05, 3.63) is 147 Å². The number of rotatable bonds is 9. The summed E-state index contributed by atoms with van der Waals surface area (Å²) in [5.41, 5.74) is 8.62. The average Bonchev–Trinajstić information content (AvgIpc) is 3.43.